The first kappa shape index (κ1) is 14.3. The fourth-order valence-corrected chi connectivity index (χ4v) is 2.00. The Morgan fingerprint density at radius 2 is 1.95 bits per heavy atom. The van der Waals surface area contributed by atoms with Gasteiger partial charge in [-0.2, -0.15) is 15.0 Å². The van der Waals surface area contributed by atoms with Crippen LogP contribution in [0.15, 0.2) is 0 Å². The zero-order valence-electron chi connectivity index (χ0n) is 11.9. The minimum absolute atomic E-state index is 0.212. The summed E-state index contributed by atoms with van der Waals surface area (Å²) >= 11 is 5.89. The molecule has 1 heterocycles. The Morgan fingerprint density at radius 3 is 2.53 bits per heavy atom. The van der Waals surface area contributed by atoms with E-state index in [0.717, 1.165) is 12.6 Å². The van der Waals surface area contributed by atoms with Crippen LogP contribution in [0.5, 0.6) is 0 Å². The molecule has 0 radical (unpaired) electrons. The van der Waals surface area contributed by atoms with Crippen LogP contribution in [0.4, 0.5) is 11.9 Å². The smallest absolute Gasteiger partial charge is 0.230 e. The van der Waals surface area contributed by atoms with Gasteiger partial charge in [0.2, 0.25) is 17.2 Å². The number of hydrogen-bond acceptors (Lipinski definition) is 6. The third kappa shape index (κ3) is 3.91. The van der Waals surface area contributed by atoms with Crippen molar-refractivity contribution in [2.75, 3.05) is 37.9 Å². The van der Waals surface area contributed by atoms with Gasteiger partial charge in [0.25, 0.3) is 0 Å². The summed E-state index contributed by atoms with van der Waals surface area (Å²) in [5.74, 6) is 1.09. The lowest BCUT2D eigenvalue weighted by Gasteiger charge is -2.24. The normalized spacial score (nSPS) is 16.5. The van der Waals surface area contributed by atoms with E-state index in [-0.39, 0.29) is 5.28 Å². The van der Waals surface area contributed by atoms with Crippen molar-refractivity contribution in [1.82, 2.24) is 19.9 Å². The van der Waals surface area contributed by atoms with Crippen molar-refractivity contribution in [3.05, 3.63) is 5.28 Å². The Kier molecular flexibility index (Phi) is 4.42. The molecule has 1 aliphatic rings. The van der Waals surface area contributed by atoms with Crippen LogP contribution in [0.25, 0.3) is 0 Å². The molecule has 0 amide bonds. The zero-order valence-corrected chi connectivity index (χ0v) is 12.6. The fraction of sp³-hybridized carbons (Fsp3) is 0.750. The van der Waals surface area contributed by atoms with Gasteiger partial charge in [0, 0.05) is 32.7 Å². The van der Waals surface area contributed by atoms with Gasteiger partial charge in [-0.25, -0.2) is 0 Å². The summed E-state index contributed by atoms with van der Waals surface area (Å²) in [4.78, 5) is 16.7. The summed E-state index contributed by atoms with van der Waals surface area (Å²) in [6.45, 7) is 2.99. The molecule has 0 bridgehead atoms. The quantitative estimate of drug-likeness (QED) is 0.854. The molecule has 2 rings (SSSR count). The molecule has 0 aromatic carbocycles. The predicted octanol–water partition coefficient (Wildman–Crippen LogP) is 1.49. The average Bonchev–Trinajstić information content (AvgIpc) is 3.18. The molecule has 0 aliphatic heterocycles. The molecule has 6 nitrogen and oxygen atoms in total. The molecular weight excluding hydrogens is 264 g/mol. The Hall–Kier alpha value is -1.14. The van der Waals surface area contributed by atoms with Gasteiger partial charge in [-0.1, -0.05) is 0 Å². The van der Waals surface area contributed by atoms with Crippen molar-refractivity contribution in [1.29, 1.82) is 0 Å². The van der Waals surface area contributed by atoms with Gasteiger partial charge >= 0.3 is 0 Å². The summed E-state index contributed by atoms with van der Waals surface area (Å²) < 4.78 is 0. The van der Waals surface area contributed by atoms with Crippen LogP contribution in [0, 0.1) is 0 Å². The van der Waals surface area contributed by atoms with Crippen molar-refractivity contribution in [2.24, 2.45) is 0 Å². The predicted molar refractivity (Wildman–Crippen MR) is 77.9 cm³/mol. The van der Waals surface area contributed by atoms with Gasteiger partial charge in [-0.3, -0.25) is 4.90 Å². The Balaban J connectivity index is 1.94. The number of anilines is 2. The highest BCUT2D eigenvalue weighted by molar-refractivity contribution is 6.28. The minimum atomic E-state index is 0.212. The maximum absolute atomic E-state index is 5.89. The number of likely N-dealkylation sites (N-methyl/N-ethyl adjacent to an activating group) is 1. The van der Waals surface area contributed by atoms with Crippen LogP contribution in [-0.4, -0.2) is 59.6 Å². The van der Waals surface area contributed by atoms with E-state index >= 15 is 0 Å². The summed E-state index contributed by atoms with van der Waals surface area (Å²) in [5.41, 5.74) is 0. The molecule has 1 fully saturated rings. The van der Waals surface area contributed by atoms with Gasteiger partial charge in [0.1, 0.15) is 0 Å². The van der Waals surface area contributed by atoms with Gasteiger partial charge in [-0.15, -0.1) is 0 Å². The van der Waals surface area contributed by atoms with Crippen molar-refractivity contribution in [3.8, 4) is 0 Å². The van der Waals surface area contributed by atoms with Gasteiger partial charge in [0.15, 0.2) is 0 Å². The molecule has 106 valence electrons. The highest BCUT2D eigenvalue weighted by atomic mass is 35.5. The SMILES string of the molecule is CC(CNc1nc(Cl)nc(N(C)C)n1)N(C)C1CC1. The third-order valence-electron chi connectivity index (χ3n) is 3.37. The molecule has 7 heteroatoms. The largest absolute Gasteiger partial charge is 0.352 e. The molecule has 1 N–H and O–H groups in total. The van der Waals surface area contributed by atoms with Gasteiger partial charge < -0.3 is 10.2 Å². The van der Waals surface area contributed by atoms with Crippen LogP contribution in [0.2, 0.25) is 5.28 Å². The fourth-order valence-electron chi connectivity index (χ4n) is 1.84. The first-order chi connectivity index (χ1) is 8.97. The standard InChI is InChI=1S/C12H21ClN6/c1-8(19(4)9-5-6-9)7-14-11-15-10(13)16-12(17-11)18(2)3/h8-9H,5-7H2,1-4H3,(H,14,15,16,17). The van der Waals surface area contributed by atoms with E-state index < -0.39 is 0 Å². The van der Waals surface area contributed by atoms with Crippen LogP contribution >= 0.6 is 11.6 Å². The molecule has 1 unspecified atom stereocenters. The molecule has 1 atom stereocenters. The van der Waals surface area contributed by atoms with Crippen molar-refractivity contribution in [2.45, 2.75) is 31.8 Å². The van der Waals surface area contributed by atoms with E-state index in [4.69, 9.17) is 11.6 Å². The van der Waals surface area contributed by atoms with E-state index in [1.165, 1.54) is 12.8 Å². The monoisotopic (exact) mass is 284 g/mol. The minimum Gasteiger partial charge on any atom is -0.352 e. The molecule has 0 spiro atoms. The number of nitrogens with zero attached hydrogens (tertiary/aromatic N) is 5. The Bertz CT molecular complexity index is 434. The highest BCUT2D eigenvalue weighted by Gasteiger charge is 2.28. The number of rotatable bonds is 6. The second-order valence-electron chi connectivity index (χ2n) is 5.25. The molecule has 1 aliphatic carbocycles. The molecular formula is C12H21ClN6. The van der Waals surface area contributed by atoms with Gasteiger partial charge in [0.05, 0.1) is 0 Å². The van der Waals surface area contributed by atoms with Crippen LogP contribution in [0.3, 0.4) is 0 Å². The topological polar surface area (TPSA) is 57.2 Å². The summed E-state index contributed by atoms with van der Waals surface area (Å²) in [7, 11) is 5.91. The van der Waals surface area contributed by atoms with Crippen LogP contribution in [0.1, 0.15) is 19.8 Å². The lowest BCUT2D eigenvalue weighted by Crippen LogP contribution is -2.36. The molecule has 1 aromatic heterocycles. The van der Waals surface area contributed by atoms with E-state index in [9.17, 15) is 0 Å². The van der Waals surface area contributed by atoms with E-state index in [1.54, 1.807) is 4.90 Å². The summed E-state index contributed by atoms with van der Waals surface area (Å²) in [6, 6.07) is 1.18. The zero-order chi connectivity index (χ0) is 14.0. The number of aromatic nitrogens is 3. The summed E-state index contributed by atoms with van der Waals surface area (Å²) in [6.07, 6.45) is 2.62. The number of halogens is 1. The van der Waals surface area contributed by atoms with Gasteiger partial charge in [-0.05, 0) is 38.4 Å². The maximum Gasteiger partial charge on any atom is 0.230 e. The Morgan fingerprint density at radius 1 is 1.26 bits per heavy atom. The maximum atomic E-state index is 5.89. The van der Waals surface area contributed by atoms with Crippen molar-refractivity contribution < 1.29 is 0 Å². The van der Waals surface area contributed by atoms with Crippen molar-refractivity contribution >= 4 is 23.5 Å². The first-order valence-corrected chi connectivity index (χ1v) is 6.90. The number of nitrogens with one attached hydrogen (secondary N) is 1. The summed E-state index contributed by atoms with van der Waals surface area (Å²) in [5, 5.41) is 3.44. The Labute approximate surface area is 119 Å². The molecule has 0 saturated heterocycles. The van der Waals surface area contributed by atoms with E-state index in [2.05, 4.69) is 39.1 Å². The average molecular weight is 285 g/mol. The molecule has 1 saturated carbocycles. The second-order valence-corrected chi connectivity index (χ2v) is 5.59. The number of hydrogen-bond donors (Lipinski definition) is 1. The van der Waals surface area contributed by atoms with Crippen molar-refractivity contribution in [3.63, 3.8) is 0 Å². The highest BCUT2D eigenvalue weighted by Crippen LogP contribution is 2.26. The third-order valence-corrected chi connectivity index (χ3v) is 3.54. The second kappa shape index (κ2) is 5.88. The van der Waals surface area contributed by atoms with E-state index in [0.29, 0.717) is 17.9 Å². The lowest BCUT2D eigenvalue weighted by molar-refractivity contribution is 0.257. The molecule has 1 aromatic rings. The van der Waals surface area contributed by atoms with Crippen LogP contribution < -0.4 is 10.2 Å². The van der Waals surface area contributed by atoms with E-state index in [1.807, 2.05) is 14.1 Å². The first-order valence-electron chi connectivity index (χ1n) is 6.52. The molecule has 19 heavy (non-hydrogen) atoms. The van der Waals surface area contributed by atoms with Crippen LogP contribution in [-0.2, 0) is 0 Å². The lowest BCUT2D eigenvalue weighted by atomic mass is 10.3.